The summed E-state index contributed by atoms with van der Waals surface area (Å²) in [5.74, 6) is 0.131. The quantitative estimate of drug-likeness (QED) is 0.529. The van der Waals surface area contributed by atoms with E-state index in [4.69, 9.17) is 0 Å². The second-order valence-corrected chi connectivity index (χ2v) is 6.74. The molecule has 1 aromatic carbocycles. The maximum atomic E-state index is 12.6. The number of thioether (sulfide) groups is 1. The Morgan fingerprint density at radius 2 is 2.00 bits per heavy atom. The number of pyridine rings is 2. The molecular weight excluding hydrogens is 336 g/mol. The monoisotopic (exact) mass is 350 g/mol. The van der Waals surface area contributed by atoms with Gasteiger partial charge >= 0.3 is 5.97 Å². The molecule has 0 bridgehead atoms. The van der Waals surface area contributed by atoms with E-state index in [2.05, 4.69) is 14.7 Å². The van der Waals surface area contributed by atoms with Crippen LogP contribution < -0.4 is 0 Å². The van der Waals surface area contributed by atoms with E-state index in [1.807, 2.05) is 30.3 Å². The zero-order valence-electron chi connectivity index (χ0n) is 13.5. The number of ether oxygens (including phenoxy) is 1. The van der Waals surface area contributed by atoms with Crippen molar-refractivity contribution in [1.29, 1.82) is 0 Å². The lowest BCUT2D eigenvalue weighted by Crippen LogP contribution is -2.09. The van der Waals surface area contributed by atoms with E-state index in [1.165, 1.54) is 18.9 Å². The first kappa shape index (κ1) is 15.8. The number of ketones is 1. The molecule has 0 radical (unpaired) electrons. The van der Waals surface area contributed by atoms with Gasteiger partial charge in [-0.05, 0) is 17.5 Å². The summed E-state index contributed by atoms with van der Waals surface area (Å²) in [7, 11) is 1.37. The number of fused-ring (bicyclic) bond motifs is 2. The first-order valence-corrected chi connectivity index (χ1v) is 8.81. The zero-order valence-corrected chi connectivity index (χ0v) is 14.3. The maximum Gasteiger partial charge on any atom is 0.306 e. The Hall–Kier alpha value is -2.73. The fourth-order valence-corrected chi connectivity index (χ4v) is 3.95. The molecule has 0 N–H and O–H groups in total. The minimum absolute atomic E-state index is 0.128. The van der Waals surface area contributed by atoms with Gasteiger partial charge in [0.15, 0.2) is 0 Å². The molecule has 6 heteroatoms. The van der Waals surface area contributed by atoms with E-state index >= 15 is 0 Å². The molecule has 0 atom stereocenters. The van der Waals surface area contributed by atoms with Gasteiger partial charge in [0.2, 0.25) is 5.78 Å². The van der Waals surface area contributed by atoms with Crippen LogP contribution >= 0.6 is 11.8 Å². The van der Waals surface area contributed by atoms with Crippen LogP contribution in [0.2, 0.25) is 0 Å². The molecule has 0 fully saturated rings. The number of hydrogen-bond acceptors (Lipinski definition) is 6. The van der Waals surface area contributed by atoms with Crippen LogP contribution in [0.5, 0.6) is 0 Å². The van der Waals surface area contributed by atoms with Crippen molar-refractivity contribution in [2.75, 3.05) is 12.9 Å². The highest BCUT2D eigenvalue weighted by molar-refractivity contribution is 8.08. The maximum absolute atomic E-state index is 12.6. The van der Waals surface area contributed by atoms with Crippen LogP contribution in [0.4, 0.5) is 0 Å². The lowest BCUT2D eigenvalue weighted by Gasteiger charge is -2.17. The van der Waals surface area contributed by atoms with Gasteiger partial charge in [0.25, 0.3) is 0 Å². The van der Waals surface area contributed by atoms with Gasteiger partial charge in [-0.25, -0.2) is 4.98 Å². The van der Waals surface area contributed by atoms with Crippen molar-refractivity contribution in [2.24, 2.45) is 0 Å². The molecular formula is C19H14N2O3S. The molecule has 25 heavy (non-hydrogen) atoms. The number of esters is 1. The second kappa shape index (κ2) is 6.29. The van der Waals surface area contributed by atoms with Crippen molar-refractivity contribution in [3.8, 4) is 0 Å². The Bertz CT molecular complexity index is 1060. The van der Waals surface area contributed by atoms with Gasteiger partial charge in [0.1, 0.15) is 5.69 Å². The number of aromatic nitrogens is 2. The van der Waals surface area contributed by atoms with Gasteiger partial charge in [0.05, 0.1) is 24.7 Å². The van der Waals surface area contributed by atoms with Crippen molar-refractivity contribution in [2.45, 2.75) is 6.42 Å². The number of para-hydroxylation sites is 1. The number of rotatable bonds is 4. The van der Waals surface area contributed by atoms with Gasteiger partial charge in [-0.2, -0.15) is 0 Å². The van der Waals surface area contributed by atoms with Crippen LogP contribution in [0.1, 0.15) is 22.6 Å². The van der Waals surface area contributed by atoms with Crippen LogP contribution in [0.15, 0.2) is 42.6 Å². The van der Waals surface area contributed by atoms with Crippen LogP contribution in [-0.2, 0) is 9.53 Å². The lowest BCUT2D eigenvalue weighted by atomic mass is 9.97. The summed E-state index contributed by atoms with van der Waals surface area (Å²) in [5.41, 5.74) is 1.99. The first-order chi connectivity index (χ1) is 12.2. The predicted molar refractivity (Wildman–Crippen MR) is 98.4 cm³/mol. The van der Waals surface area contributed by atoms with Gasteiger partial charge in [-0.3, -0.25) is 14.6 Å². The predicted octanol–water partition coefficient (Wildman–Crippen LogP) is 3.62. The van der Waals surface area contributed by atoms with Gasteiger partial charge in [-0.15, -0.1) is 11.8 Å². The van der Waals surface area contributed by atoms with E-state index in [9.17, 15) is 9.59 Å². The molecule has 3 aromatic rings. The number of carbonyl (C=O) groups excluding carboxylic acids is 2. The number of methoxy groups -OCH3 is 1. The zero-order chi connectivity index (χ0) is 17.4. The Morgan fingerprint density at radius 3 is 2.84 bits per heavy atom. The third-order valence-electron chi connectivity index (χ3n) is 4.13. The molecule has 1 aliphatic carbocycles. The number of benzene rings is 1. The SMILES string of the molecule is COC(=O)CCSC1=CC(=O)c2nc3ccccc3c3ccnc1c23. The Kier molecular flexibility index (Phi) is 3.97. The van der Waals surface area contributed by atoms with Crippen LogP contribution in [0, 0.1) is 0 Å². The molecule has 0 unspecified atom stereocenters. The Labute approximate surface area is 148 Å². The van der Waals surface area contributed by atoms with E-state index in [1.54, 1.807) is 12.3 Å². The summed E-state index contributed by atoms with van der Waals surface area (Å²) in [6.07, 6.45) is 3.59. The number of nitrogens with zero attached hydrogens (tertiary/aromatic N) is 2. The normalized spacial score (nSPS) is 13.2. The standard InChI is InChI=1S/C19H14N2O3S/c1-24-16(23)7-9-25-15-10-14(22)18-17-12(6-8-20-19(15)17)11-4-2-3-5-13(11)21-18/h2-6,8,10H,7,9H2,1H3. The van der Waals surface area contributed by atoms with Gasteiger partial charge in [0, 0.05) is 33.7 Å². The van der Waals surface area contributed by atoms with E-state index < -0.39 is 0 Å². The molecule has 0 aliphatic heterocycles. The van der Waals surface area contributed by atoms with Crippen LogP contribution in [-0.4, -0.2) is 34.6 Å². The summed E-state index contributed by atoms with van der Waals surface area (Å²) in [6, 6.07) is 9.69. The van der Waals surface area contributed by atoms with Crippen molar-refractivity contribution in [1.82, 2.24) is 9.97 Å². The fourth-order valence-electron chi connectivity index (χ4n) is 2.98. The largest absolute Gasteiger partial charge is 0.469 e. The Balaban J connectivity index is 1.83. The summed E-state index contributed by atoms with van der Waals surface area (Å²) >= 11 is 1.44. The molecule has 0 saturated carbocycles. The minimum Gasteiger partial charge on any atom is -0.469 e. The summed E-state index contributed by atoms with van der Waals surface area (Å²) in [5, 5.41) is 2.76. The van der Waals surface area contributed by atoms with Crippen molar-refractivity contribution >= 4 is 50.1 Å². The summed E-state index contributed by atoms with van der Waals surface area (Å²) in [4.78, 5) is 33.7. The topological polar surface area (TPSA) is 69.2 Å². The molecule has 0 spiro atoms. The molecule has 2 aromatic heterocycles. The highest BCUT2D eigenvalue weighted by atomic mass is 32.2. The molecule has 0 saturated heterocycles. The van der Waals surface area contributed by atoms with Crippen molar-refractivity contribution < 1.29 is 14.3 Å². The fraction of sp³-hybridized carbons (Fsp3) is 0.158. The minimum atomic E-state index is -0.269. The highest BCUT2D eigenvalue weighted by Crippen LogP contribution is 2.39. The molecule has 1 aliphatic rings. The van der Waals surface area contributed by atoms with Gasteiger partial charge in [-0.1, -0.05) is 18.2 Å². The molecule has 4 rings (SSSR count). The van der Waals surface area contributed by atoms with Gasteiger partial charge < -0.3 is 4.74 Å². The van der Waals surface area contributed by atoms with Crippen LogP contribution in [0.25, 0.3) is 26.6 Å². The molecule has 0 amide bonds. The van der Waals surface area contributed by atoms with E-state index in [0.29, 0.717) is 11.4 Å². The number of hydrogen-bond donors (Lipinski definition) is 0. The summed E-state index contributed by atoms with van der Waals surface area (Å²) in [6.45, 7) is 0. The number of allylic oxidation sites excluding steroid dienone is 1. The van der Waals surface area contributed by atoms with Crippen LogP contribution in [0.3, 0.4) is 0 Å². The first-order valence-electron chi connectivity index (χ1n) is 7.82. The second-order valence-electron chi connectivity index (χ2n) is 5.61. The highest BCUT2D eigenvalue weighted by Gasteiger charge is 2.24. The van der Waals surface area contributed by atoms with Crippen molar-refractivity contribution in [3.63, 3.8) is 0 Å². The molecule has 2 heterocycles. The van der Waals surface area contributed by atoms with Crippen molar-refractivity contribution in [3.05, 3.63) is 54.0 Å². The van der Waals surface area contributed by atoms with E-state index in [-0.39, 0.29) is 18.2 Å². The smallest absolute Gasteiger partial charge is 0.306 e. The number of carbonyl (C=O) groups is 2. The Morgan fingerprint density at radius 1 is 1.16 bits per heavy atom. The lowest BCUT2D eigenvalue weighted by molar-refractivity contribution is -0.140. The average molecular weight is 350 g/mol. The summed E-state index contributed by atoms with van der Waals surface area (Å²) < 4.78 is 4.66. The third-order valence-corrected chi connectivity index (χ3v) is 5.17. The third kappa shape index (κ3) is 2.68. The van der Waals surface area contributed by atoms with E-state index in [0.717, 1.165) is 32.3 Å². The molecule has 124 valence electrons. The molecule has 5 nitrogen and oxygen atoms in total. The average Bonchev–Trinajstić information content (AvgIpc) is 2.65.